The molecule has 48 heavy (non-hydrogen) atoms. The highest BCUT2D eigenvalue weighted by Crippen LogP contribution is 2.42. The van der Waals surface area contributed by atoms with Crippen molar-refractivity contribution in [3.63, 3.8) is 0 Å². The molecule has 5 nitrogen and oxygen atoms in total. The number of nitrogens with zero attached hydrogens (tertiary/aromatic N) is 3. The Hall–Kier alpha value is -4.56. The van der Waals surface area contributed by atoms with E-state index in [0.29, 0.717) is 23.8 Å². The second-order valence-corrected chi connectivity index (χ2v) is 13.9. The minimum Gasteiger partial charge on any atom is -0.403 e. The molecule has 0 atom stereocenters. The second-order valence-electron chi connectivity index (χ2n) is 12.8. The van der Waals surface area contributed by atoms with Gasteiger partial charge in [-0.3, -0.25) is 0 Å². The van der Waals surface area contributed by atoms with Crippen LogP contribution in [0.4, 0.5) is 0 Å². The number of allylic oxidation sites excluding steroid dienone is 4. The first-order chi connectivity index (χ1) is 23.1. The summed E-state index contributed by atoms with van der Waals surface area (Å²) in [5, 5.41) is 0. The average molecular weight is 650 g/mol. The first-order valence-corrected chi connectivity index (χ1v) is 17.1. The maximum atomic E-state index is 6.39. The van der Waals surface area contributed by atoms with Crippen LogP contribution < -0.4 is 0 Å². The van der Waals surface area contributed by atoms with E-state index < -0.39 is 11.2 Å². The lowest BCUT2D eigenvalue weighted by atomic mass is 9.83. The number of thioether (sulfide) groups is 1. The number of hydrogen-bond donors (Lipinski definition) is 0. The van der Waals surface area contributed by atoms with Crippen LogP contribution in [0.2, 0.25) is 6.32 Å². The monoisotopic (exact) mass is 649 g/mol. The normalized spacial score (nSPS) is 15.8. The van der Waals surface area contributed by atoms with E-state index in [4.69, 9.17) is 24.3 Å². The molecule has 0 bridgehead atoms. The fourth-order valence-corrected chi connectivity index (χ4v) is 6.56. The molecular formula is C41H40BN3O2S. The van der Waals surface area contributed by atoms with Crippen molar-refractivity contribution in [3.05, 3.63) is 150 Å². The van der Waals surface area contributed by atoms with Crippen molar-refractivity contribution in [2.24, 2.45) is 0 Å². The standard InChI is InChI=1S/C41H40BN3O2S/c1-7-17-36(48-35-25-15-14-18-29(35)2)34(26-27-42-46-40(3,4)41(5,6)47-42)32-23-16-24-33(28-32)39-44-37(30-19-10-8-11-20-30)43-38(45-39)31-21-12-9-13-22-31/h7-26,28H,1,27H2,2-6H3/b34-26-,36-17+. The van der Waals surface area contributed by atoms with Crippen LogP contribution in [0.25, 0.3) is 39.7 Å². The summed E-state index contributed by atoms with van der Waals surface area (Å²) in [6, 6.07) is 36.9. The minimum atomic E-state index is -0.410. The molecule has 0 unspecified atom stereocenters. The van der Waals surface area contributed by atoms with Gasteiger partial charge in [0.25, 0.3) is 0 Å². The van der Waals surface area contributed by atoms with Gasteiger partial charge in [-0.05, 0) is 69.5 Å². The van der Waals surface area contributed by atoms with Crippen LogP contribution in [0.5, 0.6) is 0 Å². The van der Waals surface area contributed by atoms with Crippen molar-refractivity contribution < 1.29 is 9.31 Å². The third-order valence-electron chi connectivity index (χ3n) is 8.80. The van der Waals surface area contributed by atoms with Crippen LogP contribution in [0, 0.1) is 6.92 Å². The molecule has 2 heterocycles. The van der Waals surface area contributed by atoms with Gasteiger partial charge < -0.3 is 9.31 Å². The summed E-state index contributed by atoms with van der Waals surface area (Å²) in [5.41, 5.74) is 5.24. The van der Waals surface area contributed by atoms with Gasteiger partial charge in [0.1, 0.15) is 0 Å². The molecular weight excluding hydrogens is 609 g/mol. The predicted octanol–water partition coefficient (Wildman–Crippen LogP) is 10.5. The summed E-state index contributed by atoms with van der Waals surface area (Å²) in [6.45, 7) is 14.5. The van der Waals surface area contributed by atoms with Gasteiger partial charge in [-0.2, -0.15) is 0 Å². The van der Waals surface area contributed by atoms with E-state index in [9.17, 15) is 0 Å². The summed E-state index contributed by atoms with van der Waals surface area (Å²) in [6.07, 6.45) is 6.72. The van der Waals surface area contributed by atoms with E-state index in [-0.39, 0.29) is 7.12 Å². The smallest absolute Gasteiger partial charge is 0.403 e. The van der Waals surface area contributed by atoms with Gasteiger partial charge in [-0.25, -0.2) is 15.0 Å². The average Bonchev–Trinajstić information content (AvgIpc) is 3.31. The first-order valence-electron chi connectivity index (χ1n) is 16.2. The Kier molecular flexibility index (Phi) is 9.92. The molecule has 0 amide bonds. The predicted molar refractivity (Wildman–Crippen MR) is 200 cm³/mol. The van der Waals surface area contributed by atoms with Gasteiger partial charge >= 0.3 is 7.12 Å². The van der Waals surface area contributed by atoms with Crippen molar-refractivity contribution in [1.82, 2.24) is 15.0 Å². The molecule has 5 aromatic rings. The molecule has 0 spiro atoms. The van der Waals surface area contributed by atoms with Crippen LogP contribution in [0.1, 0.15) is 38.8 Å². The zero-order valence-electron chi connectivity index (χ0n) is 28.2. The summed E-state index contributed by atoms with van der Waals surface area (Å²) >= 11 is 1.72. The van der Waals surface area contributed by atoms with E-state index in [1.54, 1.807) is 11.8 Å². The lowest BCUT2D eigenvalue weighted by Gasteiger charge is -2.32. The molecule has 1 aromatic heterocycles. The SMILES string of the molecule is C=C/C=C(Sc1ccccc1C)\C(=C/CB1OC(C)(C)C(C)(C)O1)c1cccc(-c2nc(-c3ccccc3)nc(-c3ccccc3)n2)c1. The Bertz CT molecular complexity index is 1900. The van der Waals surface area contributed by atoms with Gasteiger partial charge in [0.05, 0.1) is 11.2 Å². The highest BCUT2D eigenvalue weighted by molar-refractivity contribution is 8.03. The summed E-state index contributed by atoms with van der Waals surface area (Å²) in [5.74, 6) is 1.86. The number of benzene rings is 4. The van der Waals surface area contributed by atoms with Crippen LogP contribution in [0.3, 0.4) is 0 Å². The quantitative estimate of drug-likeness (QED) is 0.0853. The van der Waals surface area contributed by atoms with Crippen molar-refractivity contribution in [2.45, 2.75) is 57.0 Å². The molecule has 240 valence electrons. The molecule has 7 heteroatoms. The molecule has 0 radical (unpaired) electrons. The highest BCUT2D eigenvalue weighted by Gasteiger charge is 2.50. The van der Waals surface area contributed by atoms with Gasteiger partial charge in [0.2, 0.25) is 0 Å². The van der Waals surface area contributed by atoms with E-state index in [0.717, 1.165) is 32.7 Å². The van der Waals surface area contributed by atoms with Crippen LogP contribution >= 0.6 is 11.8 Å². The molecule has 1 saturated heterocycles. The maximum Gasteiger partial charge on any atom is 0.461 e. The number of aryl methyl sites for hydroxylation is 1. The summed E-state index contributed by atoms with van der Waals surface area (Å²) in [7, 11) is -0.369. The van der Waals surface area contributed by atoms with Crippen LogP contribution in [0.15, 0.2) is 144 Å². The van der Waals surface area contributed by atoms with Crippen LogP contribution in [-0.2, 0) is 9.31 Å². The third-order valence-corrected chi connectivity index (χ3v) is 10.0. The Morgan fingerprint density at radius 2 is 1.23 bits per heavy atom. The van der Waals surface area contributed by atoms with Gasteiger partial charge in [0.15, 0.2) is 17.5 Å². The lowest BCUT2D eigenvalue weighted by Crippen LogP contribution is -2.41. The van der Waals surface area contributed by atoms with Crippen molar-refractivity contribution in [2.75, 3.05) is 0 Å². The van der Waals surface area contributed by atoms with E-state index >= 15 is 0 Å². The summed E-state index contributed by atoms with van der Waals surface area (Å²) < 4.78 is 12.8. The Balaban J connectivity index is 1.45. The minimum absolute atomic E-state index is 0.369. The molecule has 0 saturated carbocycles. The Morgan fingerprint density at radius 3 is 1.79 bits per heavy atom. The number of hydrogen-bond acceptors (Lipinski definition) is 6. The highest BCUT2D eigenvalue weighted by atomic mass is 32.2. The fraction of sp³-hybridized carbons (Fsp3) is 0.195. The number of aromatic nitrogens is 3. The van der Waals surface area contributed by atoms with Gasteiger partial charge in [-0.15, -0.1) is 0 Å². The summed E-state index contributed by atoms with van der Waals surface area (Å²) in [4.78, 5) is 17.1. The Morgan fingerprint density at radius 1 is 0.708 bits per heavy atom. The molecule has 1 aliphatic heterocycles. The number of rotatable bonds is 10. The topological polar surface area (TPSA) is 57.1 Å². The fourth-order valence-electron chi connectivity index (χ4n) is 5.47. The van der Waals surface area contributed by atoms with Crippen LogP contribution in [-0.4, -0.2) is 33.3 Å². The zero-order valence-corrected chi connectivity index (χ0v) is 29.0. The largest absolute Gasteiger partial charge is 0.461 e. The molecule has 0 aliphatic carbocycles. The van der Waals surface area contributed by atoms with Crippen molar-refractivity contribution >= 4 is 24.5 Å². The lowest BCUT2D eigenvalue weighted by molar-refractivity contribution is 0.00578. The molecule has 6 rings (SSSR count). The van der Waals surface area contributed by atoms with Crippen molar-refractivity contribution in [1.29, 1.82) is 0 Å². The van der Waals surface area contributed by atoms with Gasteiger partial charge in [0, 0.05) is 32.8 Å². The second kappa shape index (κ2) is 14.3. The third kappa shape index (κ3) is 7.44. The first kappa shape index (κ1) is 33.3. The molecule has 1 fully saturated rings. The Labute approximate surface area is 289 Å². The van der Waals surface area contributed by atoms with Gasteiger partial charge in [-0.1, -0.05) is 128 Å². The molecule has 1 aliphatic rings. The maximum absolute atomic E-state index is 6.39. The van der Waals surface area contributed by atoms with E-state index in [1.165, 1.54) is 10.5 Å². The van der Waals surface area contributed by atoms with Crippen molar-refractivity contribution in [3.8, 4) is 34.2 Å². The molecule has 4 aromatic carbocycles. The van der Waals surface area contributed by atoms with E-state index in [2.05, 4.69) is 102 Å². The zero-order chi connectivity index (χ0) is 33.7. The molecule has 0 N–H and O–H groups in total. The van der Waals surface area contributed by atoms with E-state index in [1.807, 2.05) is 66.7 Å².